The van der Waals surface area contributed by atoms with Crippen LogP contribution in [-0.4, -0.2) is 26.4 Å². The number of halogens is 1. The van der Waals surface area contributed by atoms with E-state index < -0.39 is 0 Å². The summed E-state index contributed by atoms with van der Waals surface area (Å²) in [4.78, 5) is 13.4. The summed E-state index contributed by atoms with van der Waals surface area (Å²) in [6.07, 6.45) is 3.01. The van der Waals surface area contributed by atoms with Crippen molar-refractivity contribution < 1.29 is 9.18 Å². The number of aromatic nitrogens is 3. The number of rotatable bonds is 7. The molecule has 1 aromatic carbocycles. The summed E-state index contributed by atoms with van der Waals surface area (Å²) in [7, 11) is 0. The number of nitrogens with zero attached hydrogens (tertiary/aromatic N) is 3. The van der Waals surface area contributed by atoms with Crippen molar-refractivity contribution in [1.29, 1.82) is 0 Å². The van der Waals surface area contributed by atoms with Crippen molar-refractivity contribution in [3.05, 3.63) is 58.3 Å². The van der Waals surface area contributed by atoms with Crippen molar-refractivity contribution in [2.45, 2.75) is 30.5 Å². The molecule has 0 bridgehead atoms. The largest absolute Gasteiger partial charge is 0.325 e. The minimum absolute atomic E-state index is 0.189. The van der Waals surface area contributed by atoms with Crippen LogP contribution in [0.25, 0.3) is 0 Å². The molecule has 0 radical (unpaired) electrons. The standard InChI is InChI=1S/C18H17FN4OS2/c19-12-3-1-4-13(9-12)20-17(24)11-26-18-22-21-16(23(18)14-6-7-14)10-15-5-2-8-25-15/h1-5,8-9,14H,6-7,10-11H2,(H,20,24). The minimum atomic E-state index is -0.373. The van der Waals surface area contributed by atoms with Gasteiger partial charge in [-0.1, -0.05) is 23.9 Å². The smallest absolute Gasteiger partial charge is 0.234 e. The number of benzene rings is 1. The first kappa shape index (κ1) is 17.2. The van der Waals surface area contributed by atoms with Crippen molar-refractivity contribution in [3.63, 3.8) is 0 Å². The summed E-state index contributed by atoms with van der Waals surface area (Å²) in [5, 5.41) is 14.2. The van der Waals surface area contributed by atoms with Crippen LogP contribution in [0.5, 0.6) is 0 Å². The fraction of sp³-hybridized carbons (Fsp3) is 0.278. The van der Waals surface area contributed by atoms with Gasteiger partial charge in [0, 0.05) is 23.0 Å². The van der Waals surface area contributed by atoms with Crippen LogP contribution in [0.15, 0.2) is 46.9 Å². The van der Waals surface area contributed by atoms with Gasteiger partial charge in [0.15, 0.2) is 5.16 Å². The number of thiophene rings is 1. The topological polar surface area (TPSA) is 59.8 Å². The molecule has 3 aromatic rings. The number of nitrogens with one attached hydrogen (secondary N) is 1. The summed E-state index contributed by atoms with van der Waals surface area (Å²) in [6.45, 7) is 0. The van der Waals surface area contributed by atoms with Crippen LogP contribution in [0.2, 0.25) is 0 Å². The highest BCUT2D eigenvalue weighted by Crippen LogP contribution is 2.39. The molecule has 1 aliphatic carbocycles. The summed E-state index contributed by atoms with van der Waals surface area (Å²) < 4.78 is 15.4. The SMILES string of the molecule is O=C(CSc1nnc(Cc2cccs2)n1C1CC1)Nc1cccc(F)c1. The Labute approximate surface area is 158 Å². The molecule has 1 fully saturated rings. The van der Waals surface area contributed by atoms with E-state index in [1.54, 1.807) is 23.5 Å². The molecule has 0 spiro atoms. The van der Waals surface area contributed by atoms with Gasteiger partial charge < -0.3 is 9.88 Å². The molecule has 1 saturated carbocycles. The fourth-order valence-electron chi connectivity index (χ4n) is 2.69. The number of anilines is 1. The summed E-state index contributed by atoms with van der Waals surface area (Å²) in [6, 6.07) is 10.4. The number of carbonyl (C=O) groups excluding carboxylic acids is 1. The van der Waals surface area contributed by atoms with E-state index >= 15 is 0 Å². The first-order valence-electron chi connectivity index (χ1n) is 8.33. The van der Waals surface area contributed by atoms with Gasteiger partial charge in [-0.25, -0.2) is 4.39 Å². The predicted octanol–water partition coefficient (Wildman–Crippen LogP) is 4.14. The van der Waals surface area contributed by atoms with Gasteiger partial charge in [0.25, 0.3) is 0 Å². The van der Waals surface area contributed by atoms with Gasteiger partial charge in [0.1, 0.15) is 11.6 Å². The molecule has 5 nitrogen and oxygen atoms in total. The lowest BCUT2D eigenvalue weighted by atomic mass is 10.3. The Morgan fingerprint density at radius 3 is 2.92 bits per heavy atom. The molecule has 2 aromatic heterocycles. The molecule has 0 saturated heterocycles. The van der Waals surface area contributed by atoms with E-state index in [0.29, 0.717) is 11.7 Å². The second-order valence-corrected chi connectivity index (χ2v) is 8.08. The van der Waals surface area contributed by atoms with E-state index in [1.165, 1.54) is 28.8 Å². The Morgan fingerprint density at radius 1 is 1.31 bits per heavy atom. The number of amides is 1. The minimum Gasteiger partial charge on any atom is -0.325 e. The van der Waals surface area contributed by atoms with E-state index in [-0.39, 0.29) is 17.5 Å². The lowest BCUT2D eigenvalue weighted by Gasteiger charge is -2.08. The lowest BCUT2D eigenvalue weighted by molar-refractivity contribution is -0.113. The third-order valence-corrected chi connectivity index (χ3v) is 5.82. The quantitative estimate of drug-likeness (QED) is 0.618. The zero-order valence-electron chi connectivity index (χ0n) is 13.9. The molecule has 8 heteroatoms. The first-order chi connectivity index (χ1) is 12.7. The van der Waals surface area contributed by atoms with Gasteiger partial charge in [-0.3, -0.25) is 4.79 Å². The fourth-order valence-corrected chi connectivity index (χ4v) is 4.21. The molecule has 4 rings (SSSR count). The van der Waals surface area contributed by atoms with E-state index in [2.05, 4.69) is 31.5 Å². The highest BCUT2D eigenvalue weighted by molar-refractivity contribution is 7.99. The normalized spacial score (nSPS) is 13.7. The molecule has 0 atom stereocenters. The van der Waals surface area contributed by atoms with Crippen LogP contribution in [0, 0.1) is 5.82 Å². The summed E-state index contributed by atoms with van der Waals surface area (Å²) in [5.41, 5.74) is 0.456. The van der Waals surface area contributed by atoms with Crippen molar-refractivity contribution in [2.75, 3.05) is 11.1 Å². The molecule has 0 aliphatic heterocycles. The van der Waals surface area contributed by atoms with Gasteiger partial charge in [0.2, 0.25) is 5.91 Å². The van der Waals surface area contributed by atoms with Gasteiger partial charge in [-0.15, -0.1) is 21.5 Å². The zero-order chi connectivity index (χ0) is 17.9. The van der Waals surface area contributed by atoms with E-state index in [1.807, 2.05) is 6.07 Å². The Balaban J connectivity index is 1.41. The molecule has 1 N–H and O–H groups in total. The van der Waals surface area contributed by atoms with Crippen LogP contribution in [0.3, 0.4) is 0 Å². The van der Waals surface area contributed by atoms with E-state index in [9.17, 15) is 9.18 Å². The second kappa shape index (κ2) is 7.59. The Bertz CT molecular complexity index is 906. The highest BCUT2D eigenvalue weighted by atomic mass is 32.2. The van der Waals surface area contributed by atoms with Crippen molar-refractivity contribution in [1.82, 2.24) is 14.8 Å². The van der Waals surface area contributed by atoms with Crippen molar-refractivity contribution >= 4 is 34.7 Å². The predicted molar refractivity (Wildman–Crippen MR) is 101 cm³/mol. The Kier molecular flexibility index (Phi) is 5.03. The zero-order valence-corrected chi connectivity index (χ0v) is 15.5. The van der Waals surface area contributed by atoms with Crippen molar-refractivity contribution in [3.8, 4) is 0 Å². The maximum Gasteiger partial charge on any atom is 0.234 e. The summed E-state index contributed by atoms with van der Waals surface area (Å²) in [5.74, 6) is 0.594. The first-order valence-corrected chi connectivity index (χ1v) is 10.2. The maximum absolute atomic E-state index is 13.2. The van der Waals surface area contributed by atoms with E-state index in [4.69, 9.17) is 0 Å². The number of hydrogen-bond donors (Lipinski definition) is 1. The van der Waals surface area contributed by atoms with Crippen molar-refractivity contribution in [2.24, 2.45) is 0 Å². The lowest BCUT2D eigenvalue weighted by Crippen LogP contribution is -2.14. The monoisotopic (exact) mass is 388 g/mol. The second-order valence-electron chi connectivity index (χ2n) is 6.10. The highest BCUT2D eigenvalue weighted by Gasteiger charge is 2.29. The third-order valence-electron chi connectivity index (χ3n) is 4.00. The van der Waals surface area contributed by atoms with Crippen LogP contribution >= 0.6 is 23.1 Å². The number of hydrogen-bond acceptors (Lipinski definition) is 5. The average molecular weight is 388 g/mol. The van der Waals surface area contributed by atoms with Gasteiger partial charge in [-0.2, -0.15) is 0 Å². The molecular formula is C18H17FN4OS2. The Hall–Kier alpha value is -2.19. The van der Waals surface area contributed by atoms with E-state index in [0.717, 1.165) is 30.2 Å². The van der Waals surface area contributed by atoms with Gasteiger partial charge in [-0.05, 0) is 42.5 Å². The third kappa shape index (κ3) is 4.13. The molecule has 2 heterocycles. The molecule has 1 aliphatic rings. The average Bonchev–Trinajstić information content (AvgIpc) is 3.17. The summed E-state index contributed by atoms with van der Waals surface area (Å²) >= 11 is 3.07. The molecule has 0 unspecified atom stereocenters. The number of carbonyl (C=O) groups is 1. The maximum atomic E-state index is 13.2. The van der Waals surface area contributed by atoms with Crippen LogP contribution < -0.4 is 5.32 Å². The van der Waals surface area contributed by atoms with Crippen LogP contribution in [0.4, 0.5) is 10.1 Å². The Morgan fingerprint density at radius 2 is 2.19 bits per heavy atom. The van der Waals surface area contributed by atoms with Gasteiger partial charge in [0.05, 0.1) is 5.75 Å². The van der Waals surface area contributed by atoms with Crippen LogP contribution in [-0.2, 0) is 11.2 Å². The number of thioether (sulfide) groups is 1. The molecule has 134 valence electrons. The molecule has 26 heavy (non-hydrogen) atoms. The van der Waals surface area contributed by atoms with Crippen LogP contribution in [0.1, 0.15) is 29.6 Å². The molecule has 1 amide bonds. The van der Waals surface area contributed by atoms with Gasteiger partial charge >= 0.3 is 0 Å². The molecular weight excluding hydrogens is 371 g/mol.